The van der Waals surface area contributed by atoms with E-state index in [0.717, 1.165) is 20.2 Å². The standard InChI is InChI=1S/C9H11F5N2O3S/c1-16(19-2)9(17)6-3-7(15-18)5-8(4-6)20(10,11,12,13)14/h3-5,15,18H,1-2H3. The highest BCUT2D eigenvalue weighted by Gasteiger charge is 2.65. The summed E-state index contributed by atoms with van der Waals surface area (Å²) in [5.41, 5.74) is -0.130. The van der Waals surface area contributed by atoms with E-state index in [9.17, 15) is 24.2 Å². The molecule has 0 saturated carbocycles. The summed E-state index contributed by atoms with van der Waals surface area (Å²) in [4.78, 5) is 13.8. The van der Waals surface area contributed by atoms with E-state index in [1.54, 1.807) is 0 Å². The lowest BCUT2D eigenvalue weighted by Crippen LogP contribution is -2.25. The Morgan fingerprint density at radius 1 is 1.25 bits per heavy atom. The van der Waals surface area contributed by atoms with E-state index < -0.39 is 32.3 Å². The van der Waals surface area contributed by atoms with Crippen molar-refractivity contribution in [2.45, 2.75) is 4.90 Å². The van der Waals surface area contributed by atoms with Crippen LogP contribution in [0.1, 0.15) is 10.4 Å². The third kappa shape index (κ3) is 3.71. The van der Waals surface area contributed by atoms with Gasteiger partial charge in [0.1, 0.15) is 4.90 Å². The van der Waals surface area contributed by atoms with Gasteiger partial charge in [-0.25, -0.2) is 5.06 Å². The molecule has 2 N–H and O–H groups in total. The number of carbonyl (C=O) groups is 1. The highest BCUT2D eigenvalue weighted by atomic mass is 32.5. The molecule has 0 unspecified atom stereocenters. The van der Waals surface area contributed by atoms with Crippen molar-refractivity contribution in [3.8, 4) is 0 Å². The second kappa shape index (κ2) is 4.20. The molecule has 5 nitrogen and oxygen atoms in total. The quantitative estimate of drug-likeness (QED) is 0.654. The van der Waals surface area contributed by atoms with Crippen LogP contribution in [0.5, 0.6) is 0 Å². The van der Waals surface area contributed by atoms with Crippen LogP contribution in [-0.4, -0.2) is 30.3 Å². The minimum atomic E-state index is -9.98. The van der Waals surface area contributed by atoms with Gasteiger partial charge in [-0.2, -0.15) is 0 Å². The lowest BCUT2D eigenvalue weighted by atomic mass is 10.2. The molecule has 0 aromatic heterocycles. The molecule has 0 aliphatic heterocycles. The molecule has 0 aliphatic carbocycles. The van der Waals surface area contributed by atoms with Crippen LogP contribution in [0.15, 0.2) is 23.1 Å². The first-order valence-electron chi connectivity index (χ1n) is 4.90. The fourth-order valence-corrected chi connectivity index (χ4v) is 1.97. The largest absolute Gasteiger partial charge is 0.310 e. The SMILES string of the molecule is CON(C)C(=O)c1cc(NO)cc(S(F)(F)(F)(F)F)c1. The molecule has 0 bridgehead atoms. The molecule has 1 aromatic carbocycles. The van der Waals surface area contributed by atoms with Gasteiger partial charge in [-0.3, -0.25) is 20.3 Å². The Morgan fingerprint density at radius 3 is 2.20 bits per heavy atom. The third-order valence-corrected chi connectivity index (χ3v) is 3.41. The average molecular weight is 322 g/mol. The maximum absolute atomic E-state index is 12.7. The summed E-state index contributed by atoms with van der Waals surface area (Å²) in [5.74, 6) is -1.09. The molecule has 1 aromatic rings. The van der Waals surface area contributed by atoms with Crippen LogP contribution in [0.2, 0.25) is 0 Å². The van der Waals surface area contributed by atoms with E-state index in [-0.39, 0.29) is 12.1 Å². The monoisotopic (exact) mass is 322 g/mol. The van der Waals surface area contributed by atoms with E-state index in [1.807, 2.05) is 0 Å². The van der Waals surface area contributed by atoms with Gasteiger partial charge in [0, 0.05) is 12.6 Å². The van der Waals surface area contributed by atoms with Crippen LogP contribution >= 0.6 is 10.2 Å². The maximum atomic E-state index is 12.7. The Balaban J connectivity index is 3.50. The minimum absolute atomic E-state index is 0.000247. The Morgan fingerprint density at radius 2 is 1.80 bits per heavy atom. The minimum Gasteiger partial charge on any atom is -0.291 e. The number of halogens is 5. The van der Waals surface area contributed by atoms with Crippen LogP contribution in [0.3, 0.4) is 0 Å². The van der Waals surface area contributed by atoms with Crippen molar-refractivity contribution in [3.63, 3.8) is 0 Å². The summed E-state index contributed by atoms with van der Waals surface area (Å²) in [7, 11) is -7.83. The number of anilines is 1. The van der Waals surface area contributed by atoms with E-state index in [0.29, 0.717) is 5.06 Å². The highest BCUT2D eigenvalue weighted by Crippen LogP contribution is 3.02. The molecule has 0 saturated heterocycles. The van der Waals surface area contributed by atoms with E-state index in [2.05, 4.69) is 4.84 Å². The van der Waals surface area contributed by atoms with Gasteiger partial charge in [0.15, 0.2) is 0 Å². The van der Waals surface area contributed by atoms with Crippen LogP contribution in [0.25, 0.3) is 0 Å². The lowest BCUT2D eigenvalue weighted by molar-refractivity contribution is -0.0757. The maximum Gasteiger partial charge on any atom is 0.310 e. The number of nitrogens with zero attached hydrogens (tertiary/aromatic N) is 1. The molecular weight excluding hydrogens is 311 g/mol. The Hall–Kier alpha value is -1.59. The van der Waals surface area contributed by atoms with Gasteiger partial charge in [-0.15, -0.1) is 0 Å². The fraction of sp³-hybridized carbons (Fsp3) is 0.222. The molecule has 0 aliphatic rings. The summed E-state index contributed by atoms with van der Waals surface area (Å²) in [6.07, 6.45) is 0. The number of hydroxylamine groups is 2. The molecule has 0 atom stereocenters. The first kappa shape index (κ1) is 16.5. The topological polar surface area (TPSA) is 61.8 Å². The number of carbonyl (C=O) groups excluding carboxylic acids is 1. The molecular formula is C9H11F5N2O3S. The van der Waals surface area contributed by atoms with Crippen LogP contribution in [0, 0.1) is 0 Å². The van der Waals surface area contributed by atoms with Crippen molar-refractivity contribution in [2.75, 3.05) is 19.6 Å². The van der Waals surface area contributed by atoms with Gasteiger partial charge in [0.05, 0.1) is 12.8 Å². The van der Waals surface area contributed by atoms with Gasteiger partial charge in [0.2, 0.25) is 0 Å². The van der Waals surface area contributed by atoms with Crippen molar-refractivity contribution in [2.24, 2.45) is 0 Å². The summed E-state index contributed by atoms with van der Waals surface area (Å²) in [6.45, 7) is 0. The Labute approximate surface area is 110 Å². The lowest BCUT2D eigenvalue weighted by Gasteiger charge is -2.40. The summed E-state index contributed by atoms with van der Waals surface area (Å²) >= 11 is 0. The number of rotatable bonds is 4. The van der Waals surface area contributed by atoms with Crippen molar-refractivity contribution in [1.82, 2.24) is 5.06 Å². The van der Waals surface area contributed by atoms with Gasteiger partial charge in [-0.05, 0) is 18.2 Å². The second-order valence-corrected chi connectivity index (χ2v) is 6.22. The normalized spacial score (nSPS) is 15.2. The summed E-state index contributed by atoms with van der Waals surface area (Å²) in [6, 6.07) is 0.774. The molecule has 20 heavy (non-hydrogen) atoms. The Bertz CT molecular complexity index is 548. The zero-order chi connectivity index (χ0) is 15.8. The van der Waals surface area contributed by atoms with Crippen molar-refractivity contribution in [1.29, 1.82) is 0 Å². The van der Waals surface area contributed by atoms with Crippen molar-refractivity contribution < 1.29 is 34.3 Å². The number of nitrogens with one attached hydrogen (secondary N) is 1. The van der Waals surface area contributed by atoms with Crippen LogP contribution in [0.4, 0.5) is 25.1 Å². The highest BCUT2D eigenvalue weighted by molar-refractivity contribution is 8.45. The van der Waals surface area contributed by atoms with Gasteiger partial charge in [0.25, 0.3) is 5.91 Å². The number of hydrogen-bond donors (Lipinski definition) is 2. The molecule has 0 fully saturated rings. The smallest absolute Gasteiger partial charge is 0.291 e. The Kier molecular flexibility index (Phi) is 3.46. The molecule has 11 heteroatoms. The molecule has 0 spiro atoms. The average Bonchev–Trinajstić information content (AvgIpc) is 2.33. The zero-order valence-corrected chi connectivity index (χ0v) is 11.1. The molecule has 0 heterocycles. The van der Waals surface area contributed by atoms with E-state index >= 15 is 0 Å². The van der Waals surface area contributed by atoms with Crippen molar-refractivity contribution >= 4 is 21.8 Å². The van der Waals surface area contributed by atoms with Gasteiger partial charge >= 0.3 is 10.2 Å². The van der Waals surface area contributed by atoms with Gasteiger partial charge < -0.3 is 0 Å². The molecule has 1 rings (SSSR count). The second-order valence-electron chi connectivity index (χ2n) is 3.81. The van der Waals surface area contributed by atoms with E-state index in [4.69, 9.17) is 5.21 Å². The molecule has 116 valence electrons. The van der Waals surface area contributed by atoms with E-state index in [1.165, 1.54) is 5.48 Å². The fourth-order valence-electron chi connectivity index (χ4n) is 1.27. The number of hydrogen-bond acceptors (Lipinski definition) is 4. The zero-order valence-electron chi connectivity index (χ0n) is 10.2. The first-order chi connectivity index (χ1) is 8.78. The predicted octanol–water partition coefficient (Wildman–Crippen LogP) is 3.78. The molecule has 0 radical (unpaired) electrons. The van der Waals surface area contributed by atoms with Crippen molar-refractivity contribution in [3.05, 3.63) is 23.8 Å². The predicted molar refractivity (Wildman–Crippen MR) is 62.4 cm³/mol. The number of benzene rings is 1. The number of amides is 1. The van der Waals surface area contributed by atoms with Crippen LogP contribution < -0.4 is 5.48 Å². The molecule has 1 amide bonds. The van der Waals surface area contributed by atoms with Crippen LogP contribution in [-0.2, 0) is 4.84 Å². The third-order valence-electron chi connectivity index (χ3n) is 2.29. The summed E-state index contributed by atoms with van der Waals surface area (Å²) in [5, 5.41) is 9.14. The first-order valence-corrected chi connectivity index (χ1v) is 6.85. The summed E-state index contributed by atoms with van der Waals surface area (Å²) < 4.78 is 63.6. The van der Waals surface area contributed by atoms with Gasteiger partial charge in [-0.1, -0.05) is 19.4 Å².